The second kappa shape index (κ2) is 8.82. The summed E-state index contributed by atoms with van der Waals surface area (Å²) in [5, 5.41) is 29.5. The van der Waals surface area contributed by atoms with Gasteiger partial charge in [-0.05, 0) is 30.9 Å². The SMILES string of the molecule is Cn1cc(-c2cn3ncc(C#N)c3c(-c3ccc(N4CCC[C@@H](CNC(=O)O)C4)nc3)n2)cn1. The van der Waals surface area contributed by atoms with Gasteiger partial charge in [0, 0.05) is 50.2 Å². The third-order valence-corrected chi connectivity index (χ3v) is 6.02. The zero-order valence-corrected chi connectivity index (χ0v) is 18.6. The number of aromatic nitrogens is 6. The molecule has 11 heteroatoms. The van der Waals surface area contributed by atoms with Crippen LogP contribution >= 0.6 is 0 Å². The van der Waals surface area contributed by atoms with Crippen LogP contribution in [-0.2, 0) is 7.05 Å². The Hall–Kier alpha value is -4.46. The summed E-state index contributed by atoms with van der Waals surface area (Å²) >= 11 is 0. The molecule has 34 heavy (non-hydrogen) atoms. The van der Waals surface area contributed by atoms with Crippen LogP contribution in [0.1, 0.15) is 18.4 Å². The third kappa shape index (κ3) is 4.13. The quantitative estimate of drug-likeness (QED) is 0.466. The highest BCUT2D eigenvalue weighted by Crippen LogP contribution is 2.30. The van der Waals surface area contributed by atoms with Crippen molar-refractivity contribution in [1.29, 1.82) is 5.26 Å². The number of carboxylic acid groups (broad SMARTS) is 1. The van der Waals surface area contributed by atoms with Crippen molar-refractivity contribution in [3.8, 4) is 28.6 Å². The first-order chi connectivity index (χ1) is 16.5. The van der Waals surface area contributed by atoms with E-state index in [1.807, 2.05) is 25.4 Å². The van der Waals surface area contributed by atoms with Gasteiger partial charge in [-0.15, -0.1) is 0 Å². The van der Waals surface area contributed by atoms with Crippen molar-refractivity contribution >= 4 is 17.4 Å². The zero-order chi connectivity index (χ0) is 23.7. The van der Waals surface area contributed by atoms with Crippen LogP contribution in [-0.4, -0.2) is 60.2 Å². The topological polar surface area (TPSA) is 137 Å². The van der Waals surface area contributed by atoms with E-state index in [-0.39, 0.29) is 5.92 Å². The number of carbonyl (C=O) groups is 1. The van der Waals surface area contributed by atoms with Gasteiger partial charge in [-0.2, -0.15) is 15.5 Å². The van der Waals surface area contributed by atoms with Gasteiger partial charge in [-0.1, -0.05) is 0 Å². The summed E-state index contributed by atoms with van der Waals surface area (Å²) in [6.45, 7) is 2.05. The van der Waals surface area contributed by atoms with E-state index in [0.29, 0.717) is 29.0 Å². The number of anilines is 1. The largest absolute Gasteiger partial charge is 0.465 e. The molecular weight excluding hydrogens is 434 g/mol. The number of pyridine rings is 1. The van der Waals surface area contributed by atoms with Crippen molar-refractivity contribution in [1.82, 2.24) is 34.7 Å². The van der Waals surface area contributed by atoms with Crippen molar-refractivity contribution in [3.63, 3.8) is 0 Å². The smallest absolute Gasteiger partial charge is 0.404 e. The predicted molar refractivity (Wildman–Crippen MR) is 124 cm³/mol. The lowest BCUT2D eigenvalue weighted by molar-refractivity contribution is 0.191. The number of nitrogens with zero attached hydrogens (tertiary/aromatic N) is 8. The fraction of sp³-hybridized carbons (Fsp3) is 0.304. The molecule has 1 aliphatic heterocycles. The molecule has 0 unspecified atom stereocenters. The summed E-state index contributed by atoms with van der Waals surface area (Å²) in [6.07, 6.45) is 9.66. The van der Waals surface area contributed by atoms with Crippen LogP contribution in [0.4, 0.5) is 10.6 Å². The fourth-order valence-electron chi connectivity index (χ4n) is 4.37. The van der Waals surface area contributed by atoms with Crippen molar-refractivity contribution in [3.05, 3.63) is 48.7 Å². The molecule has 4 aromatic rings. The summed E-state index contributed by atoms with van der Waals surface area (Å²) in [6, 6.07) is 6.09. The van der Waals surface area contributed by atoms with Gasteiger partial charge in [0.1, 0.15) is 23.0 Å². The van der Waals surface area contributed by atoms with Crippen LogP contribution in [0.25, 0.3) is 28.0 Å². The second-order valence-electron chi connectivity index (χ2n) is 8.39. The highest BCUT2D eigenvalue weighted by Gasteiger charge is 2.22. The van der Waals surface area contributed by atoms with E-state index in [0.717, 1.165) is 42.9 Å². The molecule has 5 heterocycles. The number of piperidine rings is 1. The van der Waals surface area contributed by atoms with Gasteiger partial charge < -0.3 is 15.3 Å². The van der Waals surface area contributed by atoms with Crippen LogP contribution in [0.15, 0.2) is 43.1 Å². The van der Waals surface area contributed by atoms with Crippen LogP contribution in [0, 0.1) is 17.2 Å². The first-order valence-corrected chi connectivity index (χ1v) is 11.0. The number of rotatable bonds is 5. The lowest BCUT2D eigenvalue weighted by Gasteiger charge is -2.33. The minimum absolute atomic E-state index is 0.244. The lowest BCUT2D eigenvalue weighted by atomic mass is 9.98. The van der Waals surface area contributed by atoms with Gasteiger partial charge in [0.2, 0.25) is 0 Å². The van der Waals surface area contributed by atoms with Crippen molar-refractivity contribution in [2.45, 2.75) is 12.8 Å². The minimum Gasteiger partial charge on any atom is -0.465 e. The molecule has 172 valence electrons. The van der Waals surface area contributed by atoms with E-state index in [1.54, 1.807) is 27.8 Å². The molecule has 1 aliphatic rings. The summed E-state index contributed by atoms with van der Waals surface area (Å²) in [7, 11) is 1.84. The van der Waals surface area contributed by atoms with Gasteiger partial charge in [0.05, 0.1) is 30.0 Å². The number of hydrogen-bond acceptors (Lipinski definition) is 7. The van der Waals surface area contributed by atoms with Gasteiger partial charge in [0.15, 0.2) is 0 Å². The Kier molecular flexibility index (Phi) is 5.55. The standard InChI is InChI=1S/C23H23N9O2/c1-30-13-18(11-27-30)19-14-32-22(17(7-24)10-28-32)21(29-19)16-4-5-20(25-9-16)31-6-2-3-15(12-31)8-26-23(33)34/h4-5,9-11,13-15,26H,2-3,6,8,12H2,1H3,(H,33,34)/t15-/m0/s1. The summed E-state index contributed by atoms with van der Waals surface area (Å²) in [4.78, 5) is 22.5. The molecule has 0 aromatic carbocycles. The maximum absolute atomic E-state index is 10.8. The summed E-state index contributed by atoms with van der Waals surface area (Å²) < 4.78 is 3.38. The maximum atomic E-state index is 10.8. The Bertz CT molecular complexity index is 1380. The van der Waals surface area contributed by atoms with Crippen molar-refractivity contribution in [2.75, 3.05) is 24.5 Å². The minimum atomic E-state index is -0.997. The molecule has 0 radical (unpaired) electrons. The normalized spacial score (nSPS) is 15.9. The van der Waals surface area contributed by atoms with E-state index in [2.05, 4.69) is 31.5 Å². The Morgan fingerprint density at radius 2 is 2.12 bits per heavy atom. The second-order valence-corrected chi connectivity index (χ2v) is 8.39. The molecule has 1 amide bonds. The molecule has 5 rings (SSSR count). The molecule has 0 aliphatic carbocycles. The fourth-order valence-corrected chi connectivity index (χ4v) is 4.37. The Morgan fingerprint density at radius 1 is 1.24 bits per heavy atom. The predicted octanol–water partition coefficient (Wildman–Crippen LogP) is 2.55. The summed E-state index contributed by atoms with van der Waals surface area (Å²) in [5.41, 5.74) is 4.00. The number of fused-ring (bicyclic) bond motifs is 1. The molecule has 4 aromatic heterocycles. The first kappa shape index (κ1) is 21.4. The molecule has 1 fully saturated rings. The number of amides is 1. The molecule has 1 saturated heterocycles. The number of aryl methyl sites for hydroxylation is 1. The van der Waals surface area contributed by atoms with Crippen LogP contribution < -0.4 is 10.2 Å². The number of nitriles is 1. The van der Waals surface area contributed by atoms with Gasteiger partial charge >= 0.3 is 6.09 Å². The maximum Gasteiger partial charge on any atom is 0.404 e. The molecule has 0 saturated carbocycles. The lowest BCUT2D eigenvalue weighted by Crippen LogP contribution is -2.41. The van der Waals surface area contributed by atoms with Gasteiger partial charge in [-0.3, -0.25) is 4.68 Å². The zero-order valence-electron chi connectivity index (χ0n) is 18.6. The molecule has 0 bridgehead atoms. The molecule has 11 nitrogen and oxygen atoms in total. The van der Waals surface area contributed by atoms with E-state index < -0.39 is 6.09 Å². The van der Waals surface area contributed by atoms with Crippen LogP contribution in [0.5, 0.6) is 0 Å². The number of hydrogen-bond donors (Lipinski definition) is 2. The summed E-state index contributed by atoms with van der Waals surface area (Å²) in [5.74, 6) is 1.07. The van der Waals surface area contributed by atoms with Crippen LogP contribution in [0.3, 0.4) is 0 Å². The Morgan fingerprint density at radius 3 is 2.82 bits per heavy atom. The highest BCUT2D eigenvalue weighted by atomic mass is 16.4. The molecule has 2 N–H and O–H groups in total. The average molecular weight is 457 g/mol. The molecule has 1 atom stereocenters. The monoisotopic (exact) mass is 457 g/mol. The van der Waals surface area contributed by atoms with E-state index in [4.69, 9.17) is 10.1 Å². The van der Waals surface area contributed by atoms with E-state index >= 15 is 0 Å². The van der Waals surface area contributed by atoms with E-state index in [9.17, 15) is 10.1 Å². The molecular formula is C23H23N9O2. The Labute approximate surface area is 195 Å². The van der Waals surface area contributed by atoms with Crippen molar-refractivity contribution < 1.29 is 9.90 Å². The Balaban J connectivity index is 1.47. The molecule has 0 spiro atoms. The van der Waals surface area contributed by atoms with Gasteiger partial charge in [0.25, 0.3) is 0 Å². The third-order valence-electron chi connectivity index (χ3n) is 6.02. The van der Waals surface area contributed by atoms with E-state index in [1.165, 1.54) is 6.20 Å². The van der Waals surface area contributed by atoms with Gasteiger partial charge in [-0.25, -0.2) is 19.3 Å². The van der Waals surface area contributed by atoms with Crippen LogP contribution in [0.2, 0.25) is 0 Å². The first-order valence-electron chi connectivity index (χ1n) is 11.0. The highest BCUT2D eigenvalue weighted by molar-refractivity contribution is 5.83. The number of nitrogens with one attached hydrogen (secondary N) is 1. The van der Waals surface area contributed by atoms with Crippen molar-refractivity contribution in [2.24, 2.45) is 13.0 Å². The average Bonchev–Trinajstić information content (AvgIpc) is 3.48.